The second-order valence-corrected chi connectivity index (χ2v) is 7.57. The molecule has 0 radical (unpaired) electrons. The Kier molecular flexibility index (Phi) is 6.29. The quantitative estimate of drug-likeness (QED) is 0.312. The predicted molar refractivity (Wildman–Crippen MR) is 78.0 cm³/mol. The lowest BCUT2D eigenvalue weighted by Crippen LogP contribution is -2.31. The summed E-state index contributed by atoms with van der Waals surface area (Å²) < 4.78 is 50.2. The van der Waals surface area contributed by atoms with E-state index in [1.165, 1.54) is 0 Å². The fraction of sp³-hybridized carbons (Fsp3) is 0.417. The molecule has 0 spiro atoms. The first-order valence-corrected chi connectivity index (χ1v) is 8.52. The van der Waals surface area contributed by atoms with Crippen molar-refractivity contribution in [2.75, 3.05) is 6.16 Å². The second kappa shape index (κ2) is 7.48. The summed E-state index contributed by atoms with van der Waals surface area (Å²) in [6.07, 6.45) is -6.25. The molecule has 0 heterocycles. The summed E-state index contributed by atoms with van der Waals surface area (Å²) >= 11 is 0. The van der Waals surface area contributed by atoms with Crippen molar-refractivity contribution in [1.29, 1.82) is 0 Å². The Morgan fingerprint density at radius 2 is 1.96 bits per heavy atom. The van der Waals surface area contributed by atoms with Crippen LogP contribution < -0.4 is 5.73 Å². The van der Waals surface area contributed by atoms with Crippen LogP contribution >= 0.6 is 7.37 Å². The maximum Gasteiger partial charge on any atom is 0.422 e. The summed E-state index contributed by atoms with van der Waals surface area (Å²) in [5, 5.41) is 29.3. The maximum absolute atomic E-state index is 12.7. The number of nitro groups is 1. The van der Waals surface area contributed by atoms with Crippen molar-refractivity contribution in [2.45, 2.75) is 24.5 Å². The number of hydrogen-bond acceptors (Lipinski definition) is 6. The van der Waals surface area contributed by atoms with Crippen molar-refractivity contribution in [2.24, 2.45) is 5.73 Å². The van der Waals surface area contributed by atoms with Gasteiger partial charge in [-0.2, -0.15) is 13.2 Å². The van der Waals surface area contributed by atoms with E-state index in [1.807, 2.05) is 0 Å². The molecule has 3 atom stereocenters. The van der Waals surface area contributed by atoms with Crippen LogP contribution in [0.15, 0.2) is 18.2 Å². The van der Waals surface area contributed by atoms with Crippen molar-refractivity contribution in [3.63, 3.8) is 0 Å². The molecule has 5 N–H and O–H groups in total. The van der Waals surface area contributed by atoms with Crippen molar-refractivity contribution in [3.8, 4) is 0 Å². The molecule has 0 aliphatic rings. The summed E-state index contributed by atoms with van der Waals surface area (Å²) in [6, 6.07) is -0.164. The van der Waals surface area contributed by atoms with Crippen LogP contribution in [0, 0.1) is 10.1 Å². The number of aliphatic hydroxyl groups is 1. The molecule has 140 valence electrons. The molecule has 1 aromatic rings. The average Bonchev–Trinajstić information content (AvgIpc) is 2.50. The first-order valence-electron chi connectivity index (χ1n) is 6.61. The van der Waals surface area contributed by atoms with Crippen molar-refractivity contribution >= 4 is 19.0 Å². The topological polar surface area (TPSA) is 164 Å². The van der Waals surface area contributed by atoms with Crippen LogP contribution in [0.4, 0.5) is 18.9 Å². The Morgan fingerprint density at radius 3 is 2.40 bits per heavy atom. The number of benzene rings is 1. The normalized spacial score (nSPS) is 16.7. The number of aliphatic carboxylic acids is 1. The molecule has 0 amide bonds. The highest BCUT2D eigenvalue weighted by atomic mass is 31.2. The number of alkyl halides is 3. The number of nitro benzene ring substituents is 1. The molecule has 1 aromatic carbocycles. The van der Waals surface area contributed by atoms with E-state index in [-0.39, 0.29) is 0 Å². The number of carbonyl (C=O) groups is 1. The van der Waals surface area contributed by atoms with Gasteiger partial charge < -0.3 is 20.8 Å². The molecule has 13 heteroatoms. The third kappa shape index (κ3) is 5.23. The van der Waals surface area contributed by atoms with Crippen molar-refractivity contribution < 1.29 is 42.6 Å². The smallest absolute Gasteiger partial charge is 0.422 e. The molecule has 0 bridgehead atoms. The zero-order valence-corrected chi connectivity index (χ0v) is 13.3. The molecule has 0 saturated carbocycles. The summed E-state index contributed by atoms with van der Waals surface area (Å²) in [5.74, 6) is -3.67. The number of carboxylic acid groups (broad SMARTS) is 1. The highest BCUT2D eigenvalue weighted by molar-refractivity contribution is 7.58. The van der Waals surface area contributed by atoms with Gasteiger partial charge in [-0.15, -0.1) is 0 Å². The highest BCUT2D eigenvalue weighted by Gasteiger charge is 2.40. The van der Waals surface area contributed by atoms with Gasteiger partial charge in [-0.25, -0.2) is 0 Å². The minimum absolute atomic E-state index is 0.319. The number of rotatable bonds is 7. The van der Waals surface area contributed by atoms with E-state index < -0.39 is 65.7 Å². The third-order valence-corrected chi connectivity index (χ3v) is 5.24. The van der Waals surface area contributed by atoms with Crippen molar-refractivity contribution in [1.82, 2.24) is 0 Å². The first-order chi connectivity index (χ1) is 11.3. The van der Waals surface area contributed by atoms with Crippen LogP contribution in [-0.4, -0.2) is 38.2 Å². The fourth-order valence-electron chi connectivity index (χ4n) is 1.90. The van der Waals surface area contributed by atoms with Gasteiger partial charge in [0.1, 0.15) is 11.6 Å². The fourth-order valence-corrected chi connectivity index (χ4v) is 3.42. The molecular formula is C12H14F3N2O7P. The maximum atomic E-state index is 12.7. The standard InChI is InChI=1S/C12H14F3N2O7P/c13-12(14,15)7-2-1-6(5-9(7)17(21)22)11(20)25(23,24)4-3-8(16)10(18)19/h1-2,5,8,11,20H,3-4,16H2,(H,18,19)(H,23,24)/t8-,11?/m0/s1. The van der Waals surface area contributed by atoms with Gasteiger partial charge in [0, 0.05) is 12.2 Å². The summed E-state index contributed by atoms with van der Waals surface area (Å²) in [6.45, 7) is 0. The van der Waals surface area contributed by atoms with Gasteiger partial charge in [-0.05, 0) is 18.1 Å². The van der Waals surface area contributed by atoms with E-state index in [2.05, 4.69) is 0 Å². The first kappa shape index (κ1) is 21.0. The zero-order chi connectivity index (χ0) is 19.6. The number of halogens is 3. The van der Waals surface area contributed by atoms with Gasteiger partial charge in [0.05, 0.1) is 4.92 Å². The molecular weight excluding hydrogens is 372 g/mol. The van der Waals surface area contributed by atoms with Gasteiger partial charge in [0.2, 0.25) is 7.37 Å². The van der Waals surface area contributed by atoms with Gasteiger partial charge in [0.25, 0.3) is 5.69 Å². The van der Waals surface area contributed by atoms with Crippen LogP contribution in [0.1, 0.15) is 23.4 Å². The largest absolute Gasteiger partial charge is 0.480 e. The van der Waals surface area contributed by atoms with Crippen LogP contribution in [0.25, 0.3) is 0 Å². The van der Waals surface area contributed by atoms with Gasteiger partial charge in [0.15, 0.2) is 5.85 Å². The number of nitrogens with zero attached hydrogens (tertiary/aromatic N) is 1. The average molecular weight is 386 g/mol. The van der Waals surface area contributed by atoms with E-state index in [4.69, 9.17) is 10.8 Å². The number of hydrogen-bond donors (Lipinski definition) is 4. The molecule has 0 aliphatic heterocycles. The van der Waals surface area contributed by atoms with E-state index in [0.717, 1.165) is 0 Å². The minimum Gasteiger partial charge on any atom is -0.480 e. The van der Waals surface area contributed by atoms with E-state index >= 15 is 0 Å². The van der Waals surface area contributed by atoms with Gasteiger partial charge >= 0.3 is 12.1 Å². The molecule has 25 heavy (non-hydrogen) atoms. The van der Waals surface area contributed by atoms with Crippen LogP contribution in [-0.2, 0) is 15.5 Å². The number of aliphatic hydroxyl groups excluding tert-OH is 1. The molecule has 2 unspecified atom stereocenters. The Balaban J connectivity index is 3.14. The third-order valence-electron chi connectivity index (χ3n) is 3.28. The summed E-state index contributed by atoms with van der Waals surface area (Å²) in [5.41, 5.74) is 1.63. The lowest BCUT2D eigenvalue weighted by Gasteiger charge is -2.20. The number of carboxylic acids is 1. The summed E-state index contributed by atoms with van der Waals surface area (Å²) in [7, 11) is -4.50. The van der Waals surface area contributed by atoms with Crippen LogP contribution in [0.3, 0.4) is 0 Å². The van der Waals surface area contributed by atoms with E-state index in [9.17, 15) is 42.6 Å². The van der Waals surface area contributed by atoms with E-state index in [1.54, 1.807) is 0 Å². The number of nitrogens with two attached hydrogens (primary N) is 1. The van der Waals surface area contributed by atoms with Crippen molar-refractivity contribution in [3.05, 3.63) is 39.4 Å². The molecule has 0 aliphatic carbocycles. The van der Waals surface area contributed by atoms with Crippen LogP contribution in [0.5, 0.6) is 0 Å². The summed E-state index contributed by atoms with van der Waals surface area (Å²) in [4.78, 5) is 29.8. The Morgan fingerprint density at radius 1 is 1.40 bits per heavy atom. The molecule has 1 rings (SSSR count). The van der Waals surface area contributed by atoms with Gasteiger partial charge in [-0.1, -0.05) is 6.07 Å². The molecule has 0 aromatic heterocycles. The second-order valence-electron chi connectivity index (χ2n) is 5.12. The van der Waals surface area contributed by atoms with E-state index in [0.29, 0.717) is 18.2 Å². The zero-order valence-electron chi connectivity index (χ0n) is 12.4. The lowest BCUT2D eigenvalue weighted by atomic mass is 10.1. The Labute approximate surface area is 138 Å². The Hall–Kier alpha value is -2.01. The SMILES string of the molecule is N[C@@H](CCP(=O)(O)C(O)c1ccc(C(F)(F)F)c([N+](=O)[O-])c1)C(=O)O. The molecule has 0 fully saturated rings. The monoisotopic (exact) mass is 386 g/mol. The predicted octanol–water partition coefficient (Wildman–Crippen LogP) is 1.68. The highest BCUT2D eigenvalue weighted by Crippen LogP contribution is 2.55. The van der Waals surface area contributed by atoms with Crippen LogP contribution in [0.2, 0.25) is 0 Å². The molecule has 9 nitrogen and oxygen atoms in total. The lowest BCUT2D eigenvalue weighted by molar-refractivity contribution is -0.388. The minimum atomic E-state index is -5.02. The molecule has 0 saturated heterocycles. The Bertz CT molecular complexity index is 725. The van der Waals surface area contributed by atoms with Gasteiger partial charge in [-0.3, -0.25) is 19.5 Å².